The van der Waals surface area contributed by atoms with Gasteiger partial charge in [0.1, 0.15) is 24.1 Å². The molecule has 236 valence electrons. The number of rotatable bonds is 14. The van der Waals surface area contributed by atoms with Gasteiger partial charge in [-0.3, -0.25) is 13.9 Å². The molecule has 0 saturated heterocycles. The molecule has 0 radical (unpaired) electrons. The van der Waals surface area contributed by atoms with E-state index in [2.05, 4.69) is 5.32 Å². The number of ether oxygens (including phenoxy) is 2. The zero-order valence-corrected chi connectivity index (χ0v) is 26.9. The van der Waals surface area contributed by atoms with Crippen molar-refractivity contribution in [2.45, 2.75) is 30.8 Å². The molecule has 11 heteroatoms. The zero-order valence-electron chi connectivity index (χ0n) is 25.4. The van der Waals surface area contributed by atoms with Crippen molar-refractivity contribution < 1.29 is 27.5 Å². The lowest BCUT2D eigenvalue weighted by Crippen LogP contribution is -2.53. The molecule has 1 N–H and O–H groups in total. The normalized spacial score (nSPS) is 11.7. The Morgan fingerprint density at radius 3 is 2.16 bits per heavy atom. The van der Waals surface area contributed by atoms with Gasteiger partial charge in [0.2, 0.25) is 11.8 Å². The molecule has 4 aromatic rings. The van der Waals surface area contributed by atoms with E-state index in [9.17, 15) is 18.0 Å². The molecule has 9 nitrogen and oxygen atoms in total. The number of likely N-dealkylation sites (N-methyl/N-ethyl adjacent to an activating group) is 1. The summed E-state index contributed by atoms with van der Waals surface area (Å²) >= 11 is 6.04. The molecule has 45 heavy (non-hydrogen) atoms. The Labute approximate surface area is 269 Å². The highest BCUT2D eigenvalue weighted by Gasteiger charge is 2.34. The first-order chi connectivity index (χ1) is 21.7. The van der Waals surface area contributed by atoms with Crippen LogP contribution in [0.3, 0.4) is 0 Å². The molecule has 0 bridgehead atoms. The van der Waals surface area contributed by atoms with Gasteiger partial charge in [-0.15, -0.1) is 0 Å². The van der Waals surface area contributed by atoms with Crippen LogP contribution in [0.25, 0.3) is 0 Å². The summed E-state index contributed by atoms with van der Waals surface area (Å²) in [6.45, 7) is 1.73. The fraction of sp³-hybridized carbons (Fsp3) is 0.235. The van der Waals surface area contributed by atoms with Crippen molar-refractivity contribution in [3.63, 3.8) is 0 Å². The van der Waals surface area contributed by atoms with Crippen molar-refractivity contribution in [2.24, 2.45) is 0 Å². The van der Waals surface area contributed by atoms with Crippen molar-refractivity contribution >= 4 is 39.1 Å². The van der Waals surface area contributed by atoms with E-state index >= 15 is 0 Å². The third-order valence-corrected chi connectivity index (χ3v) is 9.16. The molecule has 0 aliphatic rings. The Hall–Kier alpha value is -4.54. The number of carbonyl (C=O) groups excluding carboxylic acids is 2. The molecule has 0 aliphatic heterocycles. The highest BCUT2D eigenvalue weighted by molar-refractivity contribution is 7.92. The highest BCUT2D eigenvalue weighted by atomic mass is 35.5. The van der Waals surface area contributed by atoms with E-state index in [0.717, 1.165) is 9.87 Å². The van der Waals surface area contributed by atoms with Crippen LogP contribution >= 0.6 is 11.6 Å². The molecule has 0 fully saturated rings. The van der Waals surface area contributed by atoms with Crippen LogP contribution in [0.15, 0.2) is 108 Å². The van der Waals surface area contributed by atoms with E-state index < -0.39 is 28.5 Å². The molecule has 0 saturated carbocycles. The lowest BCUT2D eigenvalue weighted by Gasteiger charge is -2.33. The summed E-state index contributed by atoms with van der Waals surface area (Å²) in [7, 11) is -1.20. The van der Waals surface area contributed by atoms with Crippen LogP contribution in [0.2, 0.25) is 5.02 Å². The monoisotopic (exact) mass is 649 g/mol. The van der Waals surface area contributed by atoms with E-state index in [1.165, 1.54) is 36.2 Å². The molecule has 0 spiro atoms. The third-order valence-electron chi connectivity index (χ3n) is 7.12. The predicted octanol–water partition coefficient (Wildman–Crippen LogP) is 5.33. The van der Waals surface area contributed by atoms with Crippen molar-refractivity contribution in [3.05, 3.63) is 119 Å². The van der Waals surface area contributed by atoms with E-state index in [4.69, 9.17) is 21.1 Å². The van der Waals surface area contributed by atoms with E-state index in [-0.39, 0.29) is 29.5 Å². The quantitative estimate of drug-likeness (QED) is 0.198. The molecule has 1 atom stereocenters. The summed E-state index contributed by atoms with van der Waals surface area (Å²) in [4.78, 5) is 29.2. The lowest BCUT2D eigenvalue weighted by molar-refractivity contribution is -0.139. The summed E-state index contributed by atoms with van der Waals surface area (Å²) in [5.74, 6) is 0.177. The molecule has 0 heterocycles. The van der Waals surface area contributed by atoms with E-state index in [0.29, 0.717) is 28.7 Å². The number of hydrogen-bond acceptors (Lipinski definition) is 6. The number of anilines is 1. The van der Waals surface area contributed by atoms with Gasteiger partial charge >= 0.3 is 0 Å². The minimum atomic E-state index is -4.25. The van der Waals surface area contributed by atoms with Gasteiger partial charge in [0, 0.05) is 25.0 Å². The summed E-state index contributed by atoms with van der Waals surface area (Å²) in [6, 6.07) is 27.7. The summed E-state index contributed by atoms with van der Waals surface area (Å²) in [5.41, 5.74) is 1.80. The Kier molecular flexibility index (Phi) is 11.5. The average Bonchev–Trinajstić information content (AvgIpc) is 3.06. The third kappa shape index (κ3) is 8.55. The number of nitrogens with zero attached hydrogens (tertiary/aromatic N) is 2. The van der Waals surface area contributed by atoms with Crippen LogP contribution in [-0.4, -0.2) is 58.5 Å². The molecule has 0 unspecified atom stereocenters. The Bertz CT molecular complexity index is 1680. The maximum atomic E-state index is 14.4. The van der Waals surface area contributed by atoms with Crippen molar-refractivity contribution in [1.82, 2.24) is 10.2 Å². The minimum absolute atomic E-state index is 0.0268. The van der Waals surface area contributed by atoms with Crippen LogP contribution in [0.5, 0.6) is 11.5 Å². The second-order valence-corrected chi connectivity index (χ2v) is 12.4. The maximum Gasteiger partial charge on any atom is 0.264 e. The summed E-state index contributed by atoms with van der Waals surface area (Å²) in [5, 5.41) is 3.05. The first kappa shape index (κ1) is 33.4. The van der Waals surface area contributed by atoms with Gasteiger partial charge in [-0.1, -0.05) is 54.1 Å². The minimum Gasteiger partial charge on any atom is -0.497 e. The van der Waals surface area contributed by atoms with Gasteiger partial charge in [-0.25, -0.2) is 8.42 Å². The fourth-order valence-electron chi connectivity index (χ4n) is 4.83. The van der Waals surface area contributed by atoms with Gasteiger partial charge in [0.15, 0.2) is 0 Å². The smallest absolute Gasteiger partial charge is 0.264 e. The number of carbonyl (C=O) groups is 2. The van der Waals surface area contributed by atoms with Crippen molar-refractivity contribution in [2.75, 3.05) is 31.6 Å². The van der Waals surface area contributed by atoms with Crippen LogP contribution in [0, 0.1) is 0 Å². The second kappa shape index (κ2) is 15.5. The topological polar surface area (TPSA) is 105 Å². The lowest BCUT2D eigenvalue weighted by atomic mass is 10.0. The predicted molar refractivity (Wildman–Crippen MR) is 175 cm³/mol. The number of sulfonamides is 1. The van der Waals surface area contributed by atoms with Crippen molar-refractivity contribution in [1.29, 1.82) is 0 Å². The largest absolute Gasteiger partial charge is 0.497 e. The first-order valence-corrected chi connectivity index (χ1v) is 16.2. The van der Waals surface area contributed by atoms with Crippen molar-refractivity contribution in [3.8, 4) is 11.5 Å². The van der Waals surface area contributed by atoms with Gasteiger partial charge in [-0.05, 0) is 78.7 Å². The van der Waals surface area contributed by atoms with Gasteiger partial charge in [0.25, 0.3) is 10.0 Å². The Morgan fingerprint density at radius 1 is 0.867 bits per heavy atom. The number of amides is 2. The summed E-state index contributed by atoms with van der Waals surface area (Å²) < 4.78 is 40.1. The van der Waals surface area contributed by atoms with Gasteiger partial charge < -0.3 is 19.7 Å². The van der Waals surface area contributed by atoms with Gasteiger partial charge in [0.05, 0.1) is 24.3 Å². The van der Waals surface area contributed by atoms with Gasteiger partial charge in [-0.2, -0.15) is 0 Å². The molecular weight excluding hydrogens is 614 g/mol. The second-order valence-electron chi connectivity index (χ2n) is 10.1. The standard InChI is InChI=1S/C34H36ClN3O6S/c1-4-44-29-17-15-28(16-18-29)38(45(41,42)31-19-13-27(35)14-20-31)24-33(39)37(23-26-11-8-12-30(21-26)43-3)32(34(40)36-2)22-25-9-6-5-7-10-25/h5-21,32H,4,22-24H2,1-3H3,(H,36,40)/t32-/m1/s1. The van der Waals surface area contributed by atoms with Crippen LogP contribution in [0.4, 0.5) is 5.69 Å². The number of methoxy groups -OCH3 is 1. The number of hydrogen-bond donors (Lipinski definition) is 1. The number of halogens is 1. The molecule has 0 aromatic heterocycles. The average molecular weight is 650 g/mol. The number of benzene rings is 4. The van der Waals surface area contributed by atoms with Crippen LogP contribution in [0.1, 0.15) is 18.1 Å². The van der Waals surface area contributed by atoms with E-state index in [1.807, 2.05) is 43.3 Å². The molecule has 0 aliphatic carbocycles. The number of nitrogens with one attached hydrogen (secondary N) is 1. The Balaban J connectivity index is 1.79. The molecule has 4 aromatic carbocycles. The van der Waals surface area contributed by atoms with Crippen LogP contribution < -0.4 is 19.1 Å². The van der Waals surface area contributed by atoms with Crippen LogP contribution in [-0.2, 0) is 32.6 Å². The summed E-state index contributed by atoms with van der Waals surface area (Å²) in [6.07, 6.45) is 0.212. The fourth-order valence-corrected chi connectivity index (χ4v) is 6.37. The molecule has 2 amide bonds. The van der Waals surface area contributed by atoms with E-state index in [1.54, 1.807) is 49.6 Å². The first-order valence-electron chi connectivity index (χ1n) is 14.3. The highest BCUT2D eigenvalue weighted by Crippen LogP contribution is 2.28. The maximum absolute atomic E-state index is 14.4. The molecular formula is C34H36ClN3O6S. The zero-order chi connectivity index (χ0) is 32.4. The Morgan fingerprint density at radius 2 is 1.53 bits per heavy atom. The SMILES string of the molecule is CCOc1ccc(N(CC(=O)N(Cc2cccc(OC)c2)[C@H](Cc2ccccc2)C(=O)NC)S(=O)(=O)c2ccc(Cl)cc2)cc1. The molecule has 4 rings (SSSR count).